The molecule has 3 aromatic carbocycles. The maximum absolute atomic E-state index is 12.3. The number of aromatic amines is 1. The lowest BCUT2D eigenvalue weighted by molar-refractivity contribution is 0.102. The van der Waals surface area contributed by atoms with Gasteiger partial charge in [-0.15, -0.1) is 0 Å². The lowest BCUT2D eigenvalue weighted by atomic mass is 10.1. The van der Waals surface area contributed by atoms with Crippen LogP contribution in [0, 0.1) is 0 Å². The molecule has 0 fully saturated rings. The van der Waals surface area contributed by atoms with Crippen LogP contribution < -0.4 is 5.32 Å². The van der Waals surface area contributed by atoms with Crippen molar-refractivity contribution in [3.05, 3.63) is 102 Å². The van der Waals surface area contributed by atoms with Crippen LogP contribution in [0.2, 0.25) is 0 Å². The molecule has 1 aromatic heterocycles. The second-order valence-corrected chi connectivity index (χ2v) is 6.24. The van der Waals surface area contributed by atoms with Gasteiger partial charge in [-0.25, -0.2) is 4.98 Å². The van der Waals surface area contributed by atoms with Crippen molar-refractivity contribution in [2.45, 2.75) is 0 Å². The highest BCUT2D eigenvalue weighted by Gasteiger charge is 2.08. The third kappa shape index (κ3) is 3.88. The van der Waals surface area contributed by atoms with Crippen molar-refractivity contribution in [2.75, 3.05) is 5.32 Å². The van der Waals surface area contributed by atoms with Crippen molar-refractivity contribution in [1.82, 2.24) is 9.97 Å². The van der Waals surface area contributed by atoms with E-state index in [2.05, 4.69) is 15.3 Å². The van der Waals surface area contributed by atoms with Gasteiger partial charge in [0.1, 0.15) is 0 Å². The van der Waals surface area contributed by atoms with Gasteiger partial charge in [-0.05, 0) is 48.0 Å². The van der Waals surface area contributed by atoms with Gasteiger partial charge in [-0.3, -0.25) is 9.59 Å². The van der Waals surface area contributed by atoms with Crippen LogP contribution in [-0.4, -0.2) is 21.7 Å². The second-order valence-electron chi connectivity index (χ2n) is 6.24. The summed E-state index contributed by atoms with van der Waals surface area (Å²) < 4.78 is 0. The van der Waals surface area contributed by atoms with E-state index >= 15 is 0 Å². The number of nitrogens with zero attached hydrogens (tertiary/aromatic N) is 1. The highest BCUT2D eigenvalue weighted by Crippen LogP contribution is 2.13. The summed E-state index contributed by atoms with van der Waals surface area (Å²) in [6.07, 6.45) is 3.17. The molecule has 28 heavy (non-hydrogen) atoms. The maximum atomic E-state index is 12.3. The van der Waals surface area contributed by atoms with Gasteiger partial charge in [0.05, 0.1) is 11.0 Å². The van der Waals surface area contributed by atoms with Crippen LogP contribution in [0.5, 0.6) is 0 Å². The van der Waals surface area contributed by atoms with Gasteiger partial charge in [0.15, 0.2) is 5.82 Å². The molecule has 2 N–H and O–H groups in total. The molecule has 0 unspecified atom stereocenters. The SMILES string of the molecule is O=C(Nc1ccccc1)c1ccc(C=CC(=O)c2nc3ccccc3[nH]2)cc1. The molecular weight excluding hydrogens is 350 g/mol. The lowest BCUT2D eigenvalue weighted by Crippen LogP contribution is -2.11. The van der Waals surface area contributed by atoms with Gasteiger partial charge in [0.2, 0.25) is 5.78 Å². The number of benzene rings is 3. The van der Waals surface area contributed by atoms with Crippen LogP contribution in [0.15, 0.2) is 84.9 Å². The van der Waals surface area contributed by atoms with Crippen molar-refractivity contribution in [3.8, 4) is 0 Å². The van der Waals surface area contributed by atoms with Crippen molar-refractivity contribution >= 4 is 34.5 Å². The van der Waals surface area contributed by atoms with E-state index in [-0.39, 0.29) is 11.7 Å². The van der Waals surface area contributed by atoms with Gasteiger partial charge in [-0.2, -0.15) is 0 Å². The third-order valence-corrected chi connectivity index (χ3v) is 4.25. The fraction of sp³-hybridized carbons (Fsp3) is 0. The topological polar surface area (TPSA) is 74.8 Å². The number of anilines is 1. The third-order valence-electron chi connectivity index (χ3n) is 4.25. The Hall–Kier alpha value is -3.99. The number of rotatable bonds is 5. The number of carbonyl (C=O) groups excluding carboxylic acids is 2. The Morgan fingerprint density at radius 2 is 1.57 bits per heavy atom. The highest BCUT2D eigenvalue weighted by atomic mass is 16.1. The maximum Gasteiger partial charge on any atom is 0.255 e. The molecule has 0 aliphatic carbocycles. The van der Waals surface area contributed by atoms with Gasteiger partial charge < -0.3 is 10.3 Å². The molecule has 1 amide bonds. The van der Waals surface area contributed by atoms with E-state index in [1.54, 1.807) is 30.3 Å². The van der Waals surface area contributed by atoms with Crippen LogP contribution in [0.3, 0.4) is 0 Å². The largest absolute Gasteiger partial charge is 0.335 e. The lowest BCUT2D eigenvalue weighted by Gasteiger charge is -2.05. The number of hydrogen-bond acceptors (Lipinski definition) is 3. The summed E-state index contributed by atoms with van der Waals surface area (Å²) >= 11 is 0. The minimum atomic E-state index is -0.206. The van der Waals surface area contributed by atoms with Crippen molar-refractivity contribution in [2.24, 2.45) is 0 Å². The number of H-pyrrole nitrogens is 1. The Labute approximate surface area is 161 Å². The molecule has 0 saturated heterocycles. The molecule has 0 aliphatic rings. The van der Waals surface area contributed by atoms with Crippen LogP contribution >= 0.6 is 0 Å². The molecule has 0 atom stereocenters. The van der Waals surface area contributed by atoms with Crippen molar-refractivity contribution in [3.63, 3.8) is 0 Å². The fourth-order valence-corrected chi connectivity index (χ4v) is 2.79. The van der Waals surface area contributed by atoms with Gasteiger partial charge >= 0.3 is 0 Å². The molecule has 1 heterocycles. The van der Waals surface area contributed by atoms with E-state index in [0.29, 0.717) is 11.4 Å². The summed E-state index contributed by atoms with van der Waals surface area (Å²) in [5.74, 6) is -0.0847. The molecule has 0 aliphatic heterocycles. The van der Waals surface area contributed by atoms with Gasteiger partial charge in [0, 0.05) is 11.3 Å². The number of aromatic nitrogens is 2. The summed E-state index contributed by atoms with van der Waals surface area (Å²) in [6, 6.07) is 23.8. The number of nitrogens with one attached hydrogen (secondary N) is 2. The molecule has 0 saturated carbocycles. The molecule has 136 valence electrons. The fourth-order valence-electron chi connectivity index (χ4n) is 2.79. The zero-order chi connectivity index (χ0) is 19.3. The molecule has 0 spiro atoms. The van der Waals surface area contributed by atoms with Crippen molar-refractivity contribution < 1.29 is 9.59 Å². The summed E-state index contributed by atoms with van der Waals surface area (Å²) in [7, 11) is 0. The number of amides is 1. The average molecular weight is 367 g/mol. The van der Waals surface area contributed by atoms with E-state index in [1.807, 2.05) is 54.6 Å². The van der Waals surface area contributed by atoms with E-state index in [0.717, 1.165) is 22.3 Å². The number of hydrogen-bond donors (Lipinski definition) is 2. The van der Waals surface area contributed by atoms with E-state index in [9.17, 15) is 9.59 Å². The zero-order valence-electron chi connectivity index (χ0n) is 14.9. The predicted molar refractivity (Wildman–Crippen MR) is 110 cm³/mol. The van der Waals surface area contributed by atoms with Crippen LogP contribution in [0.4, 0.5) is 5.69 Å². The highest BCUT2D eigenvalue weighted by molar-refractivity contribution is 6.06. The molecular formula is C23H17N3O2. The Kier molecular flexibility index (Phi) is 4.80. The number of carbonyl (C=O) groups is 2. The van der Waals surface area contributed by atoms with Gasteiger partial charge in [-0.1, -0.05) is 48.5 Å². The van der Waals surface area contributed by atoms with Crippen molar-refractivity contribution in [1.29, 1.82) is 0 Å². The average Bonchev–Trinajstić information content (AvgIpc) is 3.17. The zero-order valence-corrected chi connectivity index (χ0v) is 14.9. The summed E-state index contributed by atoms with van der Waals surface area (Å²) in [5.41, 5.74) is 3.69. The standard InChI is InChI=1S/C23H17N3O2/c27-21(22-25-19-8-4-5-9-20(19)26-22)15-12-16-10-13-17(14-11-16)23(28)24-18-6-2-1-3-7-18/h1-15H,(H,24,28)(H,25,26). The quantitative estimate of drug-likeness (QED) is 0.396. The Morgan fingerprint density at radius 3 is 2.32 bits per heavy atom. The molecule has 5 nitrogen and oxygen atoms in total. The summed E-state index contributed by atoms with van der Waals surface area (Å²) in [6.45, 7) is 0. The monoisotopic (exact) mass is 367 g/mol. The molecule has 4 aromatic rings. The Morgan fingerprint density at radius 1 is 0.857 bits per heavy atom. The number of fused-ring (bicyclic) bond motifs is 1. The second kappa shape index (κ2) is 7.72. The van der Waals surface area contributed by atoms with Gasteiger partial charge in [0.25, 0.3) is 5.91 Å². The van der Waals surface area contributed by atoms with E-state index in [1.165, 1.54) is 6.08 Å². The molecule has 0 radical (unpaired) electrons. The predicted octanol–water partition coefficient (Wildman–Crippen LogP) is 4.71. The molecule has 4 rings (SSSR count). The van der Waals surface area contributed by atoms with E-state index < -0.39 is 0 Å². The summed E-state index contributed by atoms with van der Waals surface area (Å²) in [4.78, 5) is 31.9. The smallest absolute Gasteiger partial charge is 0.255 e. The van der Waals surface area contributed by atoms with Crippen LogP contribution in [-0.2, 0) is 0 Å². The first kappa shape index (κ1) is 17.4. The van der Waals surface area contributed by atoms with E-state index in [4.69, 9.17) is 0 Å². The first-order valence-corrected chi connectivity index (χ1v) is 8.83. The minimum absolute atomic E-state index is 0.180. The Balaban J connectivity index is 1.43. The first-order chi connectivity index (χ1) is 13.7. The number of ketones is 1. The van der Waals surface area contributed by atoms with Crippen LogP contribution in [0.1, 0.15) is 26.5 Å². The Bertz CT molecular complexity index is 1130. The number of imidazole rings is 1. The minimum Gasteiger partial charge on any atom is -0.335 e. The molecule has 0 bridgehead atoms. The van der Waals surface area contributed by atoms with Crippen LogP contribution in [0.25, 0.3) is 17.1 Å². The molecule has 5 heteroatoms. The normalized spacial score (nSPS) is 11.0. The summed E-state index contributed by atoms with van der Waals surface area (Å²) in [5, 5.41) is 2.84. The number of para-hydroxylation sites is 3. The first-order valence-electron chi connectivity index (χ1n) is 8.83. The number of allylic oxidation sites excluding steroid dienone is 1.